The minimum atomic E-state index is -0.882. The van der Waals surface area contributed by atoms with Crippen LogP contribution < -0.4 is 11.2 Å². The average molecular weight is 500 g/mol. The third kappa shape index (κ3) is 5.02. The number of aromatic nitrogens is 3. The van der Waals surface area contributed by atoms with Crippen LogP contribution in [0.3, 0.4) is 0 Å². The normalized spacial score (nSPS) is 13.7. The first kappa shape index (κ1) is 24.3. The average Bonchev–Trinajstić information content (AvgIpc) is 2.83. The Kier molecular flexibility index (Phi) is 6.83. The van der Waals surface area contributed by atoms with Gasteiger partial charge in [0.2, 0.25) is 11.6 Å². The van der Waals surface area contributed by atoms with Gasteiger partial charge in [-0.1, -0.05) is 29.8 Å². The van der Waals surface area contributed by atoms with E-state index in [2.05, 4.69) is 5.10 Å². The molecule has 1 fully saturated rings. The van der Waals surface area contributed by atoms with E-state index in [1.807, 2.05) is 0 Å². The number of halogens is 2. The van der Waals surface area contributed by atoms with E-state index in [1.54, 1.807) is 30.0 Å². The summed E-state index contributed by atoms with van der Waals surface area (Å²) < 4.78 is 15.6. The monoisotopic (exact) mass is 499 g/mol. The first-order chi connectivity index (χ1) is 16.7. The molecular formula is C24H23ClFN5O4. The Balaban J connectivity index is 1.81. The number of hydrogen-bond donors (Lipinski definition) is 0. The number of piperazine rings is 1. The van der Waals surface area contributed by atoms with Gasteiger partial charge in [-0.25, -0.2) is 9.18 Å². The molecule has 4 rings (SSSR count). The van der Waals surface area contributed by atoms with Crippen LogP contribution in [0.15, 0.2) is 52.1 Å². The second-order valence-corrected chi connectivity index (χ2v) is 8.70. The summed E-state index contributed by atoms with van der Waals surface area (Å²) in [5.74, 6) is -1.27. The molecule has 1 aliphatic rings. The minimum absolute atomic E-state index is 0.0996. The molecule has 2 aromatic carbocycles. The lowest BCUT2D eigenvalue weighted by molar-refractivity contribution is -0.130. The van der Waals surface area contributed by atoms with Gasteiger partial charge >= 0.3 is 5.69 Å². The van der Waals surface area contributed by atoms with E-state index in [1.165, 1.54) is 36.1 Å². The molecule has 1 saturated heterocycles. The first-order valence-electron chi connectivity index (χ1n) is 11.0. The van der Waals surface area contributed by atoms with E-state index in [4.69, 9.17) is 11.6 Å². The fraction of sp³-hybridized carbons (Fsp3) is 0.292. The Labute approximate surface area is 205 Å². The van der Waals surface area contributed by atoms with Crippen molar-refractivity contribution in [2.45, 2.75) is 20.4 Å². The van der Waals surface area contributed by atoms with Crippen molar-refractivity contribution in [2.75, 3.05) is 26.2 Å². The van der Waals surface area contributed by atoms with Crippen molar-refractivity contribution < 1.29 is 14.0 Å². The van der Waals surface area contributed by atoms with Crippen LogP contribution in [0, 0.1) is 12.7 Å². The van der Waals surface area contributed by atoms with Crippen molar-refractivity contribution >= 4 is 23.4 Å². The number of hydrogen-bond acceptors (Lipinski definition) is 5. The highest BCUT2D eigenvalue weighted by molar-refractivity contribution is 6.31. The molecule has 0 aliphatic carbocycles. The van der Waals surface area contributed by atoms with Crippen molar-refractivity contribution in [1.82, 2.24) is 24.1 Å². The smallest absolute Gasteiger partial charge is 0.339 e. The zero-order chi connectivity index (χ0) is 25.3. The molecule has 0 spiro atoms. The first-order valence-corrected chi connectivity index (χ1v) is 11.3. The van der Waals surface area contributed by atoms with Gasteiger partial charge in [-0.05, 0) is 42.3 Å². The van der Waals surface area contributed by atoms with Gasteiger partial charge in [-0.15, -0.1) is 0 Å². The van der Waals surface area contributed by atoms with E-state index in [0.29, 0.717) is 23.7 Å². The molecule has 0 saturated carbocycles. The van der Waals surface area contributed by atoms with E-state index in [0.717, 1.165) is 14.8 Å². The summed E-state index contributed by atoms with van der Waals surface area (Å²) in [6.07, 6.45) is 0. The lowest BCUT2D eigenvalue weighted by atomic mass is 10.2. The summed E-state index contributed by atoms with van der Waals surface area (Å²) in [6, 6.07) is 10.3. The van der Waals surface area contributed by atoms with Gasteiger partial charge in [0, 0.05) is 38.1 Å². The van der Waals surface area contributed by atoms with Crippen LogP contribution in [0.25, 0.3) is 5.69 Å². The third-order valence-corrected chi connectivity index (χ3v) is 6.31. The van der Waals surface area contributed by atoms with Crippen LogP contribution >= 0.6 is 11.6 Å². The Bertz CT molecular complexity index is 1430. The number of carbonyl (C=O) groups excluding carboxylic acids is 2. The molecule has 3 aromatic rings. The van der Waals surface area contributed by atoms with E-state index in [-0.39, 0.29) is 31.2 Å². The largest absolute Gasteiger partial charge is 0.352 e. The highest BCUT2D eigenvalue weighted by Crippen LogP contribution is 2.18. The van der Waals surface area contributed by atoms with Crippen LogP contribution in [-0.2, 0) is 11.3 Å². The number of nitrogens with zero attached hydrogens (tertiary/aromatic N) is 5. The number of amides is 2. The number of rotatable bonds is 4. The maximum atomic E-state index is 13.7. The molecule has 0 atom stereocenters. The van der Waals surface area contributed by atoms with Crippen LogP contribution in [0.1, 0.15) is 28.5 Å². The zero-order valence-electron chi connectivity index (χ0n) is 19.2. The molecule has 35 heavy (non-hydrogen) atoms. The van der Waals surface area contributed by atoms with E-state index in [9.17, 15) is 23.6 Å². The second-order valence-electron chi connectivity index (χ2n) is 8.30. The number of aryl methyl sites for hydroxylation is 1. The molecular weight excluding hydrogens is 477 g/mol. The maximum Gasteiger partial charge on any atom is 0.352 e. The van der Waals surface area contributed by atoms with Crippen molar-refractivity contribution in [3.05, 3.63) is 91.0 Å². The van der Waals surface area contributed by atoms with Gasteiger partial charge in [0.15, 0.2) is 0 Å². The lowest BCUT2D eigenvalue weighted by Gasteiger charge is -2.33. The van der Waals surface area contributed by atoms with E-state index >= 15 is 0 Å². The Hall–Kier alpha value is -3.79. The molecule has 0 bridgehead atoms. The Morgan fingerprint density at radius 2 is 1.71 bits per heavy atom. The van der Waals surface area contributed by atoms with Crippen LogP contribution in [0.4, 0.5) is 4.39 Å². The van der Waals surface area contributed by atoms with Crippen molar-refractivity contribution in [2.24, 2.45) is 0 Å². The molecule has 11 heteroatoms. The van der Waals surface area contributed by atoms with Gasteiger partial charge in [0.1, 0.15) is 5.82 Å². The minimum Gasteiger partial charge on any atom is -0.339 e. The summed E-state index contributed by atoms with van der Waals surface area (Å²) in [4.78, 5) is 54.6. The standard InChI is InChI=1S/C24H23ClFN5O4/c1-15-6-7-19(13-20(15)25)31-24(35)30(14-17-4-3-5-18(26)12-17)23(34)21(27-31)22(33)29-10-8-28(9-11-29)16(2)32/h3-7,12-13H,8-11,14H2,1-2H3. The van der Waals surface area contributed by atoms with Gasteiger partial charge in [0.05, 0.1) is 12.2 Å². The van der Waals surface area contributed by atoms with Crippen LogP contribution in [0.2, 0.25) is 5.02 Å². The van der Waals surface area contributed by atoms with E-state index < -0.39 is 28.7 Å². The quantitative estimate of drug-likeness (QED) is 0.545. The van der Waals surface area contributed by atoms with Gasteiger partial charge < -0.3 is 9.80 Å². The SMILES string of the molecule is CC(=O)N1CCN(C(=O)c2nn(-c3ccc(C)c(Cl)c3)c(=O)n(Cc3cccc(F)c3)c2=O)CC1. The third-order valence-electron chi connectivity index (χ3n) is 5.90. The fourth-order valence-electron chi connectivity index (χ4n) is 3.86. The fourth-order valence-corrected chi connectivity index (χ4v) is 4.04. The summed E-state index contributed by atoms with van der Waals surface area (Å²) in [5.41, 5.74) is -0.707. The van der Waals surface area contributed by atoms with Gasteiger partial charge in [-0.2, -0.15) is 9.78 Å². The van der Waals surface area contributed by atoms with Gasteiger partial charge in [0.25, 0.3) is 11.5 Å². The Morgan fingerprint density at radius 1 is 1.03 bits per heavy atom. The highest BCUT2D eigenvalue weighted by Gasteiger charge is 2.28. The summed E-state index contributed by atoms with van der Waals surface area (Å²) in [6.45, 7) is 4.08. The second kappa shape index (κ2) is 9.83. The summed E-state index contributed by atoms with van der Waals surface area (Å²) >= 11 is 6.24. The zero-order valence-corrected chi connectivity index (χ0v) is 20.0. The highest BCUT2D eigenvalue weighted by atomic mass is 35.5. The molecule has 0 unspecified atom stereocenters. The van der Waals surface area contributed by atoms with Gasteiger partial charge in [-0.3, -0.25) is 19.0 Å². The summed E-state index contributed by atoms with van der Waals surface area (Å²) in [7, 11) is 0. The predicted octanol–water partition coefficient (Wildman–Crippen LogP) is 1.85. The lowest BCUT2D eigenvalue weighted by Crippen LogP contribution is -2.52. The molecule has 9 nitrogen and oxygen atoms in total. The van der Waals surface area contributed by atoms with Crippen molar-refractivity contribution in [3.8, 4) is 5.69 Å². The molecule has 2 amide bonds. The Morgan fingerprint density at radius 3 is 2.34 bits per heavy atom. The topological polar surface area (TPSA) is 97.5 Å². The summed E-state index contributed by atoms with van der Waals surface area (Å²) in [5, 5.41) is 4.51. The molecule has 182 valence electrons. The van der Waals surface area contributed by atoms with Crippen LogP contribution in [0.5, 0.6) is 0 Å². The predicted molar refractivity (Wildman–Crippen MR) is 128 cm³/mol. The number of carbonyl (C=O) groups is 2. The molecule has 0 radical (unpaired) electrons. The number of benzene rings is 2. The molecule has 1 aliphatic heterocycles. The molecule has 0 N–H and O–H groups in total. The van der Waals surface area contributed by atoms with Crippen molar-refractivity contribution in [1.29, 1.82) is 0 Å². The maximum absolute atomic E-state index is 13.7. The molecule has 2 heterocycles. The van der Waals surface area contributed by atoms with Crippen LogP contribution in [-0.4, -0.2) is 62.1 Å². The molecule has 1 aromatic heterocycles. The van der Waals surface area contributed by atoms with Crippen molar-refractivity contribution in [3.63, 3.8) is 0 Å².